The van der Waals surface area contributed by atoms with E-state index in [9.17, 15) is 4.79 Å². The second kappa shape index (κ2) is 9.51. The number of rotatable bonds is 8. The lowest BCUT2D eigenvalue weighted by atomic mass is 10.0. The standard InChI is InChI=1S/C19H30N2O4/c1-14-8-5-6-12-21(14)13-7-11-20-19(22)15-9-10-16(23-2)18(25-4)17(15)24-3/h9-10,14H,5-8,11-13H2,1-4H3,(H,20,22)/t14-/m0/s1. The first-order chi connectivity index (χ1) is 12.1. The first kappa shape index (κ1) is 19.4. The molecule has 0 aromatic heterocycles. The van der Waals surface area contributed by atoms with Gasteiger partial charge in [0.05, 0.1) is 26.9 Å². The van der Waals surface area contributed by atoms with Crippen LogP contribution in [0.2, 0.25) is 0 Å². The largest absolute Gasteiger partial charge is 0.493 e. The van der Waals surface area contributed by atoms with Gasteiger partial charge in [0.25, 0.3) is 5.91 Å². The first-order valence-electron chi connectivity index (χ1n) is 8.93. The van der Waals surface area contributed by atoms with E-state index in [0.717, 1.165) is 13.0 Å². The van der Waals surface area contributed by atoms with Crippen LogP contribution in [-0.2, 0) is 0 Å². The molecule has 0 aliphatic carbocycles. The number of hydrogen-bond acceptors (Lipinski definition) is 5. The number of nitrogens with one attached hydrogen (secondary N) is 1. The van der Waals surface area contributed by atoms with Crippen LogP contribution in [0.4, 0.5) is 0 Å². The molecule has 1 fully saturated rings. The number of piperidine rings is 1. The maximum atomic E-state index is 12.5. The van der Waals surface area contributed by atoms with Gasteiger partial charge in [-0.15, -0.1) is 0 Å². The molecule has 6 nitrogen and oxygen atoms in total. The number of likely N-dealkylation sites (tertiary alicyclic amines) is 1. The van der Waals surface area contributed by atoms with Gasteiger partial charge in [0.1, 0.15) is 0 Å². The highest BCUT2D eigenvalue weighted by molar-refractivity contribution is 5.98. The van der Waals surface area contributed by atoms with Gasteiger partial charge in [-0.05, 0) is 44.9 Å². The van der Waals surface area contributed by atoms with Crippen molar-refractivity contribution in [2.75, 3.05) is 41.0 Å². The highest BCUT2D eigenvalue weighted by atomic mass is 16.5. The Morgan fingerprint density at radius 2 is 1.92 bits per heavy atom. The second-order valence-electron chi connectivity index (χ2n) is 6.37. The number of nitrogens with zero attached hydrogens (tertiary/aromatic N) is 1. The topological polar surface area (TPSA) is 60.0 Å². The summed E-state index contributed by atoms with van der Waals surface area (Å²) in [5.41, 5.74) is 0.450. The molecular weight excluding hydrogens is 320 g/mol. The lowest BCUT2D eigenvalue weighted by Crippen LogP contribution is -2.39. The summed E-state index contributed by atoms with van der Waals surface area (Å²) in [5.74, 6) is 1.20. The van der Waals surface area contributed by atoms with Crippen LogP contribution in [0.3, 0.4) is 0 Å². The van der Waals surface area contributed by atoms with Crippen LogP contribution in [0.15, 0.2) is 12.1 Å². The second-order valence-corrected chi connectivity index (χ2v) is 6.37. The van der Waals surface area contributed by atoms with Crippen molar-refractivity contribution in [3.05, 3.63) is 17.7 Å². The molecule has 0 saturated carbocycles. The predicted octanol–water partition coefficient (Wildman–Crippen LogP) is 2.71. The monoisotopic (exact) mass is 350 g/mol. The zero-order valence-corrected chi connectivity index (χ0v) is 15.8. The summed E-state index contributed by atoms with van der Waals surface area (Å²) in [4.78, 5) is 15.0. The average Bonchev–Trinajstić information content (AvgIpc) is 2.64. The third kappa shape index (κ3) is 4.78. The SMILES string of the molecule is COc1ccc(C(=O)NCCCN2CCCC[C@@H]2C)c(OC)c1OC. The molecule has 0 radical (unpaired) electrons. The van der Waals surface area contributed by atoms with Crippen LogP contribution in [0.5, 0.6) is 17.2 Å². The van der Waals surface area contributed by atoms with Gasteiger partial charge in [-0.1, -0.05) is 6.42 Å². The number of amides is 1. The maximum Gasteiger partial charge on any atom is 0.255 e. The smallest absolute Gasteiger partial charge is 0.255 e. The van der Waals surface area contributed by atoms with Crippen LogP contribution in [0.25, 0.3) is 0 Å². The van der Waals surface area contributed by atoms with Gasteiger partial charge < -0.3 is 24.4 Å². The van der Waals surface area contributed by atoms with Crippen molar-refractivity contribution in [2.24, 2.45) is 0 Å². The fourth-order valence-electron chi connectivity index (χ4n) is 3.35. The molecule has 1 heterocycles. The van der Waals surface area contributed by atoms with Crippen molar-refractivity contribution in [3.8, 4) is 17.2 Å². The molecule has 0 unspecified atom stereocenters. The normalized spacial score (nSPS) is 17.8. The van der Waals surface area contributed by atoms with E-state index in [1.54, 1.807) is 19.2 Å². The van der Waals surface area contributed by atoms with Crippen LogP contribution in [0.1, 0.15) is 43.0 Å². The third-order valence-electron chi connectivity index (χ3n) is 4.80. The molecule has 1 aliphatic rings. The lowest BCUT2D eigenvalue weighted by Gasteiger charge is -2.33. The summed E-state index contributed by atoms with van der Waals surface area (Å²) in [6, 6.07) is 4.06. The number of methoxy groups -OCH3 is 3. The van der Waals surface area contributed by atoms with E-state index >= 15 is 0 Å². The average molecular weight is 350 g/mol. The molecule has 1 N–H and O–H groups in total. The van der Waals surface area contributed by atoms with Crippen molar-refractivity contribution >= 4 is 5.91 Å². The first-order valence-corrected chi connectivity index (χ1v) is 8.93. The highest BCUT2D eigenvalue weighted by Crippen LogP contribution is 2.39. The van der Waals surface area contributed by atoms with Gasteiger partial charge in [0, 0.05) is 19.1 Å². The quantitative estimate of drug-likeness (QED) is 0.731. The van der Waals surface area contributed by atoms with Crippen molar-refractivity contribution in [1.29, 1.82) is 0 Å². The van der Waals surface area contributed by atoms with Gasteiger partial charge in [-0.2, -0.15) is 0 Å². The fraction of sp³-hybridized carbons (Fsp3) is 0.632. The summed E-state index contributed by atoms with van der Waals surface area (Å²) in [5, 5.41) is 2.97. The van der Waals surface area contributed by atoms with Crippen molar-refractivity contribution in [3.63, 3.8) is 0 Å². The fourth-order valence-corrected chi connectivity index (χ4v) is 3.35. The number of hydrogen-bond donors (Lipinski definition) is 1. The molecule has 1 atom stereocenters. The summed E-state index contributed by atoms with van der Waals surface area (Å²) in [6.45, 7) is 5.11. The summed E-state index contributed by atoms with van der Waals surface area (Å²) < 4.78 is 15.9. The number of ether oxygens (including phenoxy) is 3. The summed E-state index contributed by atoms with van der Waals surface area (Å²) in [7, 11) is 4.60. The number of carbonyl (C=O) groups excluding carboxylic acids is 1. The molecule has 6 heteroatoms. The number of carbonyl (C=O) groups is 1. The molecule has 0 bridgehead atoms. The zero-order chi connectivity index (χ0) is 18.2. The molecule has 1 aromatic carbocycles. The van der Waals surface area contributed by atoms with Gasteiger partial charge in [-0.25, -0.2) is 0 Å². The van der Waals surface area contributed by atoms with E-state index in [0.29, 0.717) is 35.4 Å². The number of benzene rings is 1. The molecule has 1 aliphatic heterocycles. The minimum Gasteiger partial charge on any atom is -0.493 e. The predicted molar refractivity (Wildman–Crippen MR) is 97.9 cm³/mol. The highest BCUT2D eigenvalue weighted by Gasteiger charge is 2.21. The Hall–Kier alpha value is -1.95. The van der Waals surface area contributed by atoms with Crippen molar-refractivity contribution in [1.82, 2.24) is 10.2 Å². The van der Waals surface area contributed by atoms with E-state index in [1.807, 2.05) is 0 Å². The molecule has 2 rings (SSSR count). The minimum atomic E-state index is -0.163. The Kier molecular flexibility index (Phi) is 7.37. The van der Waals surface area contributed by atoms with Gasteiger partial charge >= 0.3 is 0 Å². The van der Waals surface area contributed by atoms with Crippen LogP contribution in [-0.4, -0.2) is 57.8 Å². The van der Waals surface area contributed by atoms with E-state index in [4.69, 9.17) is 14.2 Å². The van der Waals surface area contributed by atoms with E-state index in [1.165, 1.54) is 40.0 Å². The van der Waals surface area contributed by atoms with Crippen LogP contribution < -0.4 is 19.5 Å². The maximum absolute atomic E-state index is 12.5. The van der Waals surface area contributed by atoms with Crippen LogP contribution >= 0.6 is 0 Å². The molecule has 0 spiro atoms. The Morgan fingerprint density at radius 1 is 1.16 bits per heavy atom. The Labute approximate surface area is 150 Å². The minimum absolute atomic E-state index is 0.163. The zero-order valence-electron chi connectivity index (χ0n) is 15.8. The van der Waals surface area contributed by atoms with Gasteiger partial charge in [0.2, 0.25) is 5.75 Å². The molecule has 25 heavy (non-hydrogen) atoms. The molecule has 1 amide bonds. The molecule has 1 saturated heterocycles. The molecular formula is C19H30N2O4. The van der Waals surface area contributed by atoms with Crippen molar-refractivity contribution < 1.29 is 19.0 Å². The Bertz CT molecular complexity index is 577. The molecule has 1 aromatic rings. The summed E-state index contributed by atoms with van der Waals surface area (Å²) in [6.07, 6.45) is 4.81. The third-order valence-corrected chi connectivity index (χ3v) is 4.80. The van der Waals surface area contributed by atoms with Crippen LogP contribution in [0, 0.1) is 0 Å². The lowest BCUT2D eigenvalue weighted by molar-refractivity contribution is 0.0945. The summed E-state index contributed by atoms with van der Waals surface area (Å²) >= 11 is 0. The van der Waals surface area contributed by atoms with Gasteiger partial charge in [-0.3, -0.25) is 4.79 Å². The Balaban J connectivity index is 1.92. The van der Waals surface area contributed by atoms with E-state index in [-0.39, 0.29) is 5.91 Å². The van der Waals surface area contributed by atoms with E-state index in [2.05, 4.69) is 17.1 Å². The molecule has 140 valence electrons. The van der Waals surface area contributed by atoms with Gasteiger partial charge in [0.15, 0.2) is 11.5 Å². The van der Waals surface area contributed by atoms with E-state index < -0.39 is 0 Å². The Morgan fingerprint density at radius 3 is 2.56 bits per heavy atom. The van der Waals surface area contributed by atoms with Crippen molar-refractivity contribution in [2.45, 2.75) is 38.6 Å².